The molecule has 0 aromatic carbocycles. The van der Waals surface area contributed by atoms with Gasteiger partial charge in [-0.05, 0) is 39.3 Å². The van der Waals surface area contributed by atoms with Crippen molar-refractivity contribution in [1.29, 1.82) is 0 Å². The minimum absolute atomic E-state index is 0.00111. The molecule has 12 nitrogen and oxygen atoms in total. The van der Waals surface area contributed by atoms with Gasteiger partial charge in [0.15, 0.2) is 5.69 Å². The molecule has 0 saturated heterocycles. The molecule has 12 heteroatoms. The third-order valence-electron chi connectivity index (χ3n) is 4.88. The first-order valence-corrected chi connectivity index (χ1v) is 11.9. The van der Waals surface area contributed by atoms with E-state index in [0.717, 1.165) is 5.56 Å². The third-order valence-corrected chi connectivity index (χ3v) is 4.88. The van der Waals surface area contributed by atoms with E-state index >= 15 is 0 Å². The Hall–Kier alpha value is -4.66. The number of anilines is 1. The Kier molecular flexibility index (Phi) is 9.21. The molecule has 3 aromatic rings. The quantitative estimate of drug-likeness (QED) is 0.262. The summed E-state index contributed by atoms with van der Waals surface area (Å²) in [5.41, 5.74) is 1.15. The molecule has 0 bridgehead atoms. The van der Waals surface area contributed by atoms with Gasteiger partial charge in [-0.15, -0.1) is 5.92 Å². The number of carbonyl (C=O) groups excluding carboxylic acids is 3. The summed E-state index contributed by atoms with van der Waals surface area (Å²) >= 11 is 0. The minimum Gasteiger partial charge on any atom is -0.464 e. The van der Waals surface area contributed by atoms with E-state index in [1.165, 1.54) is 18.0 Å². The molecule has 200 valence electrons. The van der Waals surface area contributed by atoms with Crippen molar-refractivity contribution in [2.45, 2.75) is 45.8 Å². The van der Waals surface area contributed by atoms with E-state index in [-0.39, 0.29) is 17.1 Å². The SMILES string of the molecule is COC(=O)c1nn(C)cc1NC(=O)c1cccc(-c2cnn(CC#CCCCNC(=O)OC(C)(C)C)c2)n1. The molecule has 0 saturated carbocycles. The molecule has 3 rings (SSSR count). The molecule has 0 unspecified atom stereocenters. The van der Waals surface area contributed by atoms with Crippen molar-refractivity contribution in [3.8, 4) is 23.1 Å². The maximum Gasteiger partial charge on any atom is 0.407 e. The van der Waals surface area contributed by atoms with Crippen molar-refractivity contribution in [2.75, 3.05) is 19.0 Å². The van der Waals surface area contributed by atoms with Crippen molar-refractivity contribution in [1.82, 2.24) is 29.9 Å². The fourth-order valence-corrected chi connectivity index (χ4v) is 3.22. The van der Waals surface area contributed by atoms with Gasteiger partial charge in [-0.3, -0.25) is 14.2 Å². The first-order chi connectivity index (χ1) is 18.1. The number of esters is 1. The van der Waals surface area contributed by atoms with Crippen LogP contribution in [0.1, 0.15) is 54.6 Å². The second-order valence-corrected chi connectivity index (χ2v) is 9.23. The molecule has 3 heterocycles. The van der Waals surface area contributed by atoms with Crippen LogP contribution in [-0.4, -0.2) is 61.8 Å². The number of amides is 2. The summed E-state index contributed by atoms with van der Waals surface area (Å²) in [6.45, 7) is 6.31. The van der Waals surface area contributed by atoms with Gasteiger partial charge in [-0.1, -0.05) is 12.0 Å². The summed E-state index contributed by atoms with van der Waals surface area (Å²) in [7, 11) is 2.87. The maximum atomic E-state index is 12.8. The lowest BCUT2D eigenvalue weighted by atomic mass is 10.2. The van der Waals surface area contributed by atoms with E-state index in [1.807, 2.05) is 20.8 Å². The standard InChI is InChI=1S/C26H31N7O5/c1-26(2,3)38-25(36)27-13-8-6-7-9-14-33-16-18(15-28-33)19-11-10-12-20(29-19)23(34)30-21-17-32(4)31-22(21)24(35)37-5/h10-12,15-17H,6,8,13-14H2,1-5H3,(H,27,36)(H,30,34). The van der Waals surface area contributed by atoms with Crippen LogP contribution in [0.25, 0.3) is 11.3 Å². The van der Waals surface area contributed by atoms with Gasteiger partial charge < -0.3 is 20.1 Å². The van der Waals surface area contributed by atoms with Crippen LogP contribution in [0.5, 0.6) is 0 Å². The van der Waals surface area contributed by atoms with Crippen LogP contribution in [-0.2, 0) is 23.1 Å². The van der Waals surface area contributed by atoms with Crippen molar-refractivity contribution in [3.63, 3.8) is 0 Å². The number of unbranched alkanes of at least 4 members (excludes halogenated alkanes) is 1. The Labute approximate surface area is 220 Å². The normalized spacial score (nSPS) is 10.8. The Balaban J connectivity index is 1.53. The molecule has 2 N–H and O–H groups in total. The van der Waals surface area contributed by atoms with Gasteiger partial charge in [0, 0.05) is 38.0 Å². The van der Waals surface area contributed by atoms with Crippen LogP contribution in [0.2, 0.25) is 0 Å². The molecule has 0 atom stereocenters. The van der Waals surface area contributed by atoms with E-state index in [4.69, 9.17) is 9.47 Å². The van der Waals surface area contributed by atoms with Gasteiger partial charge in [0.05, 0.1) is 24.7 Å². The molecule has 0 fully saturated rings. The summed E-state index contributed by atoms with van der Waals surface area (Å²) in [6.07, 6.45) is 5.84. The number of alkyl carbamates (subject to hydrolysis) is 1. The number of aryl methyl sites for hydroxylation is 1. The highest BCUT2D eigenvalue weighted by molar-refractivity contribution is 6.06. The van der Waals surface area contributed by atoms with Crippen molar-refractivity contribution in [3.05, 3.63) is 48.2 Å². The number of hydrogen-bond donors (Lipinski definition) is 2. The van der Waals surface area contributed by atoms with Crippen molar-refractivity contribution < 1.29 is 23.9 Å². The molecule has 0 aliphatic rings. The highest BCUT2D eigenvalue weighted by Gasteiger charge is 2.20. The molecule has 0 radical (unpaired) electrons. The lowest BCUT2D eigenvalue weighted by Crippen LogP contribution is -2.32. The van der Waals surface area contributed by atoms with E-state index in [2.05, 4.69) is 37.7 Å². The molecule has 38 heavy (non-hydrogen) atoms. The van der Waals surface area contributed by atoms with Crippen LogP contribution in [0.15, 0.2) is 36.8 Å². The van der Waals surface area contributed by atoms with E-state index in [0.29, 0.717) is 31.6 Å². The average Bonchev–Trinajstić information content (AvgIpc) is 3.48. The Morgan fingerprint density at radius 1 is 1.13 bits per heavy atom. The van der Waals surface area contributed by atoms with Crippen LogP contribution in [0, 0.1) is 11.8 Å². The first kappa shape index (κ1) is 27.9. The van der Waals surface area contributed by atoms with Gasteiger partial charge in [0.25, 0.3) is 5.91 Å². The van der Waals surface area contributed by atoms with Crippen LogP contribution >= 0.6 is 0 Å². The summed E-state index contributed by atoms with van der Waals surface area (Å²) in [5, 5.41) is 13.7. The van der Waals surface area contributed by atoms with Crippen LogP contribution < -0.4 is 10.6 Å². The summed E-state index contributed by atoms with van der Waals surface area (Å²) < 4.78 is 13.0. The molecule has 2 amide bonds. The number of pyridine rings is 1. The number of aromatic nitrogens is 5. The molecule has 3 aromatic heterocycles. The largest absolute Gasteiger partial charge is 0.464 e. The zero-order valence-electron chi connectivity index (χ0n) is 22.1. The highest BCUT2D eigenvalue weighted by atomic mass is 16.6. The lowest BCUT2D eigenvalue weighted by Gasteiger charge is -2.19. The molecule has 0 aliphatic carbocycles. The number of nitrogens with one attached hydrogen (secondary N) is 2. The van der Waals surface area contributed by atoms with Gasteiger partial charge in [-0.25, -0.2) is 14.6 Å². The van der Waals surface area contributed by atoms with Crippen molar-refractivity contribution >= 4 is 23.7 Å². The van der Waals surface area contributed by atoms with Gasteiger partial charge in [0.1, 0.15) is 17.8 Å². The number of hydrogen-bond acceptors (Lipinski definition) is 8. The monoisotopic (exact) mass is 521 g/mol. The molecule has 0 spiro atoms. The number of rotatable bonds is 8. The molecular formula is C26H31N7O5. The van der Waals surface area contributed by atoms with E-state index < -0.39 is 23.6 Å². The van der Waals surface area contributed by atoms with E-state index in [9.17, 15) is 14.4 Å². The minimum atomic E-state index is -0.657. The number of carbonyl (C=O) groups is 3. The van der Waals surface area contributed by atoms with Gasteiger partial charge in [0.2, 0.25) is 0 Å². The summed E-state index contributed by atoms with van der Waals surface area (Å²) in [4.78, 5) is 40.7. The fourth-order valence-electron chi connectivity index (χ4n) is 3.22. The zero-order valence-corrected chi connectivity index (χ0v) is 22.1. The van der Waals surface area contributed by atoms with Gasteiger partial charge >= 0.3 is 12.1 Å². The lowest BCUT2D eigenvalue weighted by molar-refractivity contribution is 0.0526. The number of ether oxygens (including phenoxy) is 2. The first-order valence-electron chi connectivity index (χ1n) is 11.9. The Morgan fingerprint density at radius 2 is 1.92 bits per heavy atom. The maximum absolute atomic E-state index is 12.8. The zero-order chi connectivity index (χ0) is 27.7. The second kappa shape index (κ2) is 12.5. The predicted octanol–water partition coefficient (Wildman–Crippen LogP) is 3.03. The fraction of sp³-hybridized carbons (Fsp3) is 0.385. The Bertz CT molecular complexity index is 1360. The molecular weight excluding hydrogens is 490 g/mol. The topological polar surface area (TPSA) is 142 Å². The van der Waals surface area contributed by atoms with Crippen LogP contribution in [0.3, 0.4) is 0 Å². The number of methoxy groups -OCH3 is 1. The van der Waals surface area contributed by atoms with Crippen molar-refractivity contribution in [2.24, 2.45) is 7.05 Å². The summed E-state index contributed by atoms with van der Waals surface area (Å²) in [6, 6.07) is 5.05. The van der Waals surface area contributed by atoms with Crippen LogP contribution in [0.4, 0.5) is 10.5 Å². The third kappa shape index (κ3) is 8.19. The number of nitrogens with zero attached hydrogens (tertiary/aromatic N) is 5. The molecule has 0 aliphatic heterocycles. The second-order valence-electron chi connectivity index (χ2n) is 9.23. The summed E-state index contributed by atoms with van der Waals surface area (Å²) in [5.74, 6) is 4.95. The van der Waals surface area contributed by atoms with E-state index in [1.54, 1.807) is 42.3 Å². The predicted molar refractivity (Wildman–Crippen MR) is 139 cm³/mol. The highest BCUT2D eigenvalue weighted by Crippen LogP contribution is 2.19. The Morgan fingerprint density at radius 3 is 2.66 bits per heavy atom. The van der Waals surface area contributed by atoms with Gasteiger partial charge in [-0.2, -0.15) is 10.2 Å². The smallest absolute Gasteiger partial charge is 0.407 e. The average molecular weight is 522 g/mol.